The number of nitrogens with one attached hydrogen (secondary N) is 1. The molecule has 138 valence electrons. The van der Waals surface area contributed by atoms with Crippen molar-refractivity contribution in [3.8, 4) is 16.9 Å². The van der Waals surface area contributed by atoms with Crippen LogP contribution in [0.4, 0.5) is 11.4 Å². The normalized spacial score (nSPS) is 11.9. The molecule has 0 spiro atoms. The fourth-order valence-corrected chi connectivity index (χ4v) is 3.22. The van der Waals surface area contributed by atoms with E-state index in [1.807, 2.05) is 54.6 Å². The number of rotatable bonds is 5. The fourth-order valence-electron chi connectivity index (χ4n) is 3.22. The van der Waals surface area contributed by atoms with Gasteiger partial charge in [0.15, 0.2) is 0 Å². The van der Waals surface area contributed by atoms with Crippen LogP contribution < -0.4 is 10.1 Å². The minimum Gasteiger partial charge on any atom is -0.489 e. The third-order valence-corrected chi connectivity index (χ3v) is 4.54. The Hall–Kier alpha value is -3.05. The summed E-state index contributed by atoms with van der Waals surface area (Å²) >= 11 is 0. The first-order valence-electron chi connectivity index (χ1n) is 8.53. The second kappa shape index (κ2) is 8.10. The second-order valence-corrected chi connectivity index (χ2v) is 6.26. The molecule has 6 heteroatoms. The summed E-state index contributed by atoms with van der Waals surface area (Å²) in [5.41, 5.74) is 4.71. The zero-order chi connectivity index (χ0) is 17.9. The summed E-state index contributed by atoms with van der Waals surface area (Å²) in [6, 6.07) is 20.6. The highest BCUT2D eigenvalue weighted by atomic mass is 35.5. The highest BCUT2D eigenvalue weighted by molar-refractivity contribution is 5.85. The average Bonchev–Trinajstić information content (AvgIpc) is 3.14. The molecule has 4 rings (SSSR count). The van der Waals surface area contributed by atoms with E-state index in [1.54, 1.807) is 12.1 Å². The number of hydrogen-bond acceptors (Lipinski definition) is 4. The van der Waals surface area contributed by atoms with Gasteiger partial charge in [-0.15, -0.1) is 12.4 Å². The first-order chi connectivity index (χ1) is 12.7. The molecule has 0 saturated carbocycles. The molecule has 0 unspecified atom stereocenters. The van der Waals surface area contributed by atoms with Crippen LogP contribution >= 0.6 is 12.4 Å². The molecular weight excluding hydrogens is 364 g/mol. The van der Waals surface area contributed by atoms with Gasteiger partial charge >= 0.3 is 0 Å². The van der Waals surface area contributed by atoms with Crippen LogP contribution in [-0.2, 0) is 13.0 Å². The van der Waals surface area contributed by atoms with Crippen LogP contribution in [0, 0.1) is 10.1 Å². The number of anilines is 1. The van der Waals surface area contributed by atoms with Gasteiger partial charge in [-0.2, -0.15) is 0 Å². The summed E-state index contributed by atoms with van der Waals surface area (Å²) in [7, 11) is 0. The van der Waals surface area contributed by atoms with Crippen molar-refractivity contribution in [2.24, 2.45) is 0 Å². The van der Waals surface area contributed by atoms with Crippen molar-refractivity contribution in [3.05, 3.63) is 88.0 Å². The smallest absolute Gasteiger partial charge is 0.277 e. The largest absolute Gasteiger partial charge is 0.489 e. The first kappa shape index (κ1) is 18.7. The van der Waals surface area contributed by atoms with Crippen molar-refractivity contribution < 1.29 is 9.66 Å². The summed E-state index contributed by atoms with van der Waals surface area (Å²) in [5.74, 6) is 0.780. The maximum absolute atomic E-state index is 11.5. The van der Waals surface area contributed by atoms with Crippen LogP contribution in [-0.4, -0.2) is 11.5 Å². The van der Waals surface area contributed by atoms with Crippen LogP contribution in [0.1, 0.15) is 11.1 Å². The van der Waals surface area contributed by atoms with Gasteiger partial charge in [0.25, 0.3) is 5.69 Å². The number of benzene rings is 3. The van der Waals surface area contributed by atoms with Gasteiger partial charge in [-0.05, 0) is 47.4 Å². The van der Waals surface area contributed by atoms with E-state index in [-0.39, 0.29) is 23.0 Å². The summed E-state index contributed by atoms with van der Waals surface area (Å²) in [6.45, 7) is 1.24. The Morgan fingerprint density at radius 2 is 1.85 bits per heavy atom. The van der Waals surface area contributed by atoms with Crippen molar-refractivity contribution in [2.45, 2.75) is 13.0 Å². The molecule has 0 fully saturated rings. The predicted octanol–water partition coefficient (Wildman–Crippen LogP) is 5.23. The first-order valence-corrected chi connectivity index (χ1v) is 8.53. The molecule has 3 aromatic carbocycles. The molecular formula is C21H19ClN2O3. The highest BCUT2D eigenvalue weighted by Gasteiger charge is 2.16. The van der Waals surface area contributed by atoms with E-state index in [9.17, 15) is 10.1 Å². The van der Waals surface area contributed by atoms with E-state index in [0.717, 1.165) is 35.5 Å². The SMILES string of the molecule is Cl.O=[N+]([O-])c1cc(COc2ccc3c(c2)CCN3)ccc1-c1ccccc1. The molecule has 0 atom stereocenters. The van der Waals surface area contributed by atoms with Gasteiger partial charge in [0.2, 0.25) is 0 Å². The molecule has 0 radical (unpaired) electrons. The van der Waals surface area contributed by atoms with Crippen molar-refractivity contribution in [1.82, 2.24) is 0 Å². The molecule has 1 N–H and O–H groups in total. The summed E-state index contributed by atoms with van der Waals surface area (Å²) < 4.78 is 5.85. The van der Waals surface area contributed by atoms with Crippen LogP contribution in [0.5, 0.6) is 5.75 Å². The van der Waals surface area contributed by atoms with Gasteiger partial charge in [-0.3, -0.25) is 10.1 Å². The van der Waals surface area contributed by atoms with Gasteiger partial charge < -0.3 is 10.1 Å². The zero-order valence-electron chi connectivity index (χ0n) is 14.6. The molecule has 1 heterocycles. The molecule has 0 saturated heterocycles. The van der Waals surface area contributed by atoms with Gasteiger partial charge in [-0.1, -0.05) is 36.4 Å². The molecule has 27 heavy (non-hydrogen) atoms. The lowest BCUT2D eigenvalue weighted by atomic mass is 10.0. The van der Waals surface area contributed by atoms with E-state index < -0.39 is 0 Å². The average molecular weight is 383 g/mol. The number of halogens is 1. The zero-order valence-corrected chi connectivity index (χ0v) is 15.4. The number of nitro benzene ring substituents is 1. The Kier molecular flexibility index (Phi) is 5.62. The van der Waals surface area contributed by atoms with Crippen LogP contribution in [0.3, 0.4) is 0 Å². The van der Waals surface area contributed by atoms with E-state index in [4.69, 9.17) is 4.74 Å². The maximum atomic E-state index is 11.5. The van der Waals surface area contributed by atoms with Crippen molar-refractivity contribution in [1.29, 1.82) is 0 Å². The van der Waals surface area contributed by atoms with Gasteiger partial charge in [0, 0.05) is 18.3 Å². The molecule has 0 bridgehead atoms. The lowest BCUT2D eigenvalue weighted by Crippen LogP contribution is -1.99. The Bertz CT molecular complexity index is 961. The molecule has 3 aromatic rings. The minimum absolute atomic E-state index is 0. The van der Waals surface area contributed by atoms with Crippen molar-refractivity contribution in [3.63, 3.8) is 0 Å². The van der Waals surface area contributed by atoms with Crippen molar-refractivity contribution in [2.75, 3.05) is 11.9 Å². The summed E-state index contributed by atoms with van der Waals surface area (Å²) in [4.78, 5) is 11.2. The number of fused-ring (bicyclic) bond motifs is 1. The van der Waals surface area contributed by atoms with E-state index in [2.05, 4.69) is 5.32 Å². The number of nitrogens with zero attached hydrogens (tertiary/aromatic N) is 1. The van der Waals surface area contributed by atoms with Crippen LogP contribution in [0.2, 0.25) is 0 Å². The number of nitro groups is 1. The second-order valence-electron chi connectivity index (χ2n) is 6.26. The number of ether oxygens (including phenoxy) is 1. The lowest BCUT2D eigenvalue weighted by Gasteiger charge is -2.10. The standard InChI is InChI=1S/C21H18N2O3.ClH/c24-23(25)21-12-15(6-8-19(21)16-4-2-1-3-5-16)14-26-18-7-9-20-17(13-18)10-11-22-20;/h1-9,12-13,22H,10-11,14H2;1H. The van der Waals surface area contributed by atoms with Gasteiger partial charge in [-0.25, -0.2) is 0 Å². The topological polar surface area (TPSA) is 64.4 Å². The molecule has 0 aromatic heterocycles. The van der Waals surface area contributed by atoms with Crippen molar-refractivity contribution >= 4 is 23.8 Å². The monoisotopic (exact) mass is 382 g/mol. The number of hydrogen-bond donors (Lipinski definition) is 1. The summed E-state index contributed by atoms with van der Waals surface area (Å²) in [6.07, 6.45) is 0.990. The van der Waals surface area contributed by atoms with Gasteiger partial charge in [0.1, 0.15) is 12.4 Å². The Labute approximate surface area is 163 Å². The quantitative estimate of drug-likeness (QED) is 0.484. The van der Waals surface area contributed by atoms with Crippen LogP contribution in [0.25, 0.3) is 11.1 Å². The van der Waals surface area contributed by atoms with E-state index in [1.165, 1.54) is 5.56 Å². The summed E-state index contributed by atoms with van der Waals surface area (Å²) in [5, 5.41) is 14.8. The maximum Gasteiger partial charge on any atom is 0.277 e. The molecule has 0 amide bonds. The predicted molar refractivity (Wildman–Crippen MR) is 109 cm³/mol. The van der Waals surface area contributed by atoms with Gasteiger partial charge in [0.05, 0.1) is 10.5 Å². The third-order valence-electron chi connectivity index (χ3n) is 4.54. The molecule has 0 aliphatic carbocycles. The molecule has 1 aliphatic heterocycles. The van der Waals surface area contributed by atoms with Crippen LogP contribution in [0.15, 0.2) is 66.7 Å². The van der Waals surface area contributed by atoms with E-state index in [0.29, 0.717) is 12.2 Å². The molecule has 5 nitrogen and oxygen atoms in total. The fraction of sp³-hybridized carbons (Fsp3) is 0.143. The molecule has 1 aliphatic rings. The lowest BCUT2D eigenvalue weighted by molar-refractivity contribution is -0.384. The highest BCUT2D eigenvalue weighted by Crippen LogP contribution is 2.31. The Morgan fingerprint density at radius 1 is 1.04 bits per heavy atom. The third kappa shape index (κ3) is 4.04. The Morgan fingerprint density at radius 3 is 2.63 bits per heavy atom. The minimum atomic E-state index is -0.340. The Balaban J connectivity index is 0.00000210. The van der Waals surface area contributed by atoms with E-state index >= 15 is 0 Å².